The molecule has 0 bridgehead atoms. The fourth-order valence-electron chi connectivity index (χ4n) is 1.70. The van der Waals surface area contributed by atoms with E-state index in [-0.39, 0.29) is 0 Å². The summed E-state index contributed by atoms with van der Waals surface area (Å²) in [4.78, 5) is 13.5. The molecule has 0 radical (unpaired) electrons. The Labute approximate surface area is 112 Å². The van der Waals surface area contributed by atoms with Crippen molar-refractivity contribution in [2.24, 2.45) is 5.92 Å². The van der Waals surface area contributed by atoms with Gasteiger partial charge in [0.1, 0.15) is 5.82 Å². The molecule has 1 N–H and O–H groups in total. The topological polar surface area (TPSA) is 50.7 Å². The molecule has 2 aromatic rings. The van der Waals surface area contributed by atoms with Crippen LogP contribution in [-0.2, 0) is 6.42 Å². The van der Waals surface area contributed by atoms with E-state index in [4.69, 9.17) is 0 Å². The SMILES string of the molecule is CNc1cc(CC(C)C)nc(-c2nc(C)cs2)n1. The van der Waals surface area contributed by atoms with E-state index in [0.29, 0.717) is 5.92 Å². The maximum absolute atomic E-state index is 4.60. The predicted octanol–water partition coefficient (Wildman–Crippen LogP) is 3.15. The number of anilines is 1. The molecule has 2 aromatic heterocycles. The number of rotatable bonds is 4. The van der Waals surface area contributed by atoms with E-state index in [0.717, 1.165) is 34.5 Å². The van der Waals surface area contributed by atoms with Gasteiger partial charge in [-0.1, -0.05) is 13.8 Å². The number of aromatic nitrogens is 3. The number of nitrogens with one attached hydrogen (secondary N) is 1. The maximum atomic E-state index is 4.60. The van der Waals surface area contributed by atoms with Crippen molar-refractivity contribution in [1.29, 1.82) is 0 Å². The molecule has 0 saturated carbocycles. The molecule has 0 aliphatic carbocycles. The Kier molecular flexibility index (Phi) is 3.91. The molecule has 4 nitrogen and oxygen atoms in total. The van der Waals surface area contributed by atoms with Crippen molar-refractivity contribution in [1.82, 2.24) is 15.0 Å². The van der Waals surface area contributed by atoms with E-state index in [9.17, 15) is 0 Å². The minimum atomic E-state index is 0.579. The fourth-order valence-corrected chi connectivity index (χ4v) is 2.43. The minimum absolute atomic E-state index is 0.579. The predicted molar refractivity (Wildman–Crippen MR) is 76.0 cm³/mol. The van der Waals surface area contributed by atoms with Crippen molar-refractivity contribution >= 4 is 17.2 Å². The van der Waals surface area contributed by atoms with Crippen LogP contribution in [-0.4, -0.2) is 22.0 Å². The van der Waals surface area contributed by atoms with Crippen LogP contribution in [0.5, 0.6) is 0 Å². The average molecular weight is 262 g/mol. The van der Waals surface area contributed by atoms with E-state index in [1.807, 2.05) is 25.4 Å². The first-order chi connectivity index (χ1) is 8.58. The molecule has 18 heavy (non-hydrogen) atoms. The van der Waals surface area contributed by atoms with Crippen LogP contribution in [0, 0.1) is 12.8 Å². The molecular formula is C13H18N4S. The molecular weight excluding hydrogens is 244 g/mol. The van der Waals surface area contributed by atoms with Crippen molar-refractivity contribution in [3.05, 3.63) is 22.8 Å². The summed E-state index contributed by atoms with van der Waals surface area (Å²) >= 11 is 1.59. The monoisotopic (exact) mass is 262 g/mol. The molecule has 5 heteroatoms. The summed E-state index contributed by atoms with van der Waals surface area (Å²) in [5, 5.41) is 5.99. The molecule has 0 aliphatic heterocycles. The summed E-state index contributed by atoms with van der Waals surface area (Å²) in [6.45, 7) is 6.36. The van der Waals surface area contributed by atoms with Gasteiger partial charge in [-0.2, -0.15) is 0 Å². The zero-order valence-corrected chi connectivity index (χ0v) is 12.0. The molecule has 2 heterocycles. The van der Waals surface area contributed by atoms with E-state index in [1.165, 1.54) is 0 Å². The van der Waals surface area contributed by atoms with Gasteiger partial charge in [0.05, 0.1) is 0 Å². The zero-order valence-electron chi connectivity index (χ0n) is 11.2. The molecule has 0 aliphatic rings. The molecule has 0 unspecified atom stereocenters. The van der Waals surface area contributed by atoms with Gasteiger partial charge >= 0.3 is 0 Å². The van der Waals surface area contributed by atoms with Crippen LogP contribution in [0.3, 0.4) is 0 Å². The largest absolute Gasteiger partial charge is 0.373 e. The lowest BCUT2D eigenvalue weighted by Crippen LogP contribution is -2.03. The third-order valence-electron chi connectivity index (χ3n) is 2.46. The highest BCUT2D eigenvalue weighted by Gasteiger charge is 2.10. The fraction of sp³-hybridized carbons (Fsp3) is 0.462. The van der Waals surface area contributed by atoms with Crippen LogP contribution in [0.4, 0.5) is 5.82 Å². The number of nitrogens with zero attached hydrogens (tertiary/aromatic N) is 3. The van der Waals surface area contributed by atoms with Gasteiger partial charge in [0.2, 0.25) is 0 Å². The molecule has 0 fully saturated rings. The second-order valence-electron chi connectivity index (χ2n) is 4.71. The normalized spacial score (nSPS) is 10.9. The highest BCUT2D eigenvalue weighted by Crippen LogP contribution is 2.22. The Morgan fingerprint density at radius 1 is 1.28 bits per heavy atom. The first-order valence-electron chi connectivity index (χ1n) is 6.06. The summed E-state index contributed by atoms with van der Waals surface area (Å²) in [6, 6.07) is 2.00. The minimum Gasteiger partial charge on any atom is -0.373 e. The Morgan fingerprint density at radius 3 is 2.61 bits per heavy atom. The van der Waals surface area contributed by atoms with Gasteiger partial charge in [0.25, 0.3) is 0 Å². The maximum Gasteiger partial charge on any atom is 0.190 e. The molecule has 0 saturated heterocycles. The Balaban J connectivity index is 2.40. The molecule has 0 atom stereocenters. The Morgan fingerprint density at radius 2 is 2.06 bits per heavy atom. The van der Waals surface area contributed by atoms with Crippen LogP contribution < -0.4 is 5.32 Å². The van der Waals surface area contributed by atoms with Gasteiger partial charge < -0.3 is 5.32 Å². The molecule has 2 rings (SSSR count). The lowest BCUT2D eigenvalue weighted by atomic mass is 10.1. The zero-order chi connectivity index (χ0) is 13.1. The summed E-state index contributed by atoms with van der Waals surface area (Å²) in [5.74, 6) is 2.15. The van der Waals surface area contributed by atoms with Crippen molar-refractivity contribution in [3.8, 4) is 10.8 Å². The molecule has 0 spiro atoms. The third-order valence-corrected chi connectivity index (χ3v) is 3.42. The molecule has 0 amide bonds. The van der Waals surface area contributed by atoms with Gasteiger partial charge in [-0.15, -0.1) is 11.3 Å². The van der Waals surface area contributed by atoms with Crippen molar-refractivity contribution in [2.45, 2.75) is 27.2 Å². The number of aryl methyl sites for hydroxylation is 1. The van der Waals surface area contributed by atoms with E-state index in [1.54, 1.807) is 11.3 Å². The molecule has 0 aromatic carbocycles. The lowest BCUT2D eigenvalue weighted by Gasteiger charge is -2.08. The van der Waals surface area contributed by atoms with Crippen molar-refractivity contribution in [2.75, 3.05) is 12.4 Å². The van der Waals surface area contributed by atoms with Crippen LogP contribution in [0.25, 0.3) is 10.8 Å². The molecule has 96 valence electrons. The first kappa shape index (κ1) is 13.0. The van der Waals surface area contributed by atoms with Gasteiger partial charge in [0.15, 0.2) is 10.8 Å². The van der Waals surface area contributed by atoms with Crippen LogP contribution in [0.2, 0.25) is 0 Å². The van der Waals surface area contributed by atoms with Gasteiger partial charge in [-0.3, -0.25) is 0 Å². The highest BCUT2D eigenvalue weighted by molar-refractivity contribution is 7.13. The Hall–Kier alpha value is -1.49. The average Bonchev–Trinajstić information content (AvgIpc) is 2.74. The first-order valence-corrected chi connectivity index (χ1v) is 6.94. The van der Waals surface area contributed by atoms with Crippen molar-refractivity contribution < 1.29 is 0 Å². The summed E-state index contributed by atoms with van der Waals surface area (Å²) in [5.41, 5.74) is 2.08. The quantitative estimate of drug-likeness (QED) is 0.919. The van der Waals surface area contributed by atoms with Gasteiger partial charge in [-0.05, 0) is 19.3 Å². The van der Waals surface area contributed by atoms with E-state index >= 15 is 0 Å². The Bertz CT molecular complexity index is 534. The standard InChI is InChI=1S/C13H18N4S/c1-8(2)5-10-6-11(14-4)17-12(16-10)13-15-9(3)7-18-13/h6-8H,5H2,1-4H3,(H,14,16,17). The van der Waals surface area contributed by atoms with Gasteiger partial charge in [-0.25, -0.2) is 15.0 Å². The second kappa shape index (κ2) is 5.44. The van der Waals surface area contributed by atoms with Crippen LogP contribution >= 0.6 is 11.3 Å². The van der Waals surface area contributed by atoms with E-state index < -0.39 is 0 Å². The second-order valence-corrected chi connectivity index (χ2v) is 5.57. The number of hydrogen-bond acceptors (Lipinski definition) is 5. The van der Waals surface area contributed by atoms with Crippen LogP contribution in [0.15, 0.2) is 11.4 Å². The third kappa shape index (κ3) is 3.04. The number of thiazole rings is 1. The van der Waals surface area contributed by atoms with Crippen LogP contribution in [0.1, 0.15) is 25.2 Å². The lowest BCUT2D eigenvalue weighted by molar-refractivity contribution is 0.635. The summed E-state index contributed by atoms with van der Waals surface area (Å²) < 4.78 is 0. The van der Waals surface area contributed by atoms with E-state index in [2.05, 4.69) is 34.1 Å². The summed E-state index contributed by atoms with van der Waals surface area (Å²) in [6.07, 6.45) is 0.953. The smallest absolute Gasteiger partial charge is 0.190 e. The van der Waals surface area contributed by atoms with Crippen molar-refractivity contribution in [3.63, 3.8) is 0 Å². The van der Waals surface area contributed by atoms with Gasteiger partial charge in [0, 0.05) is 29.9 Å². The summed E-state index contributed by atoms with van der Waals surface area (Å²) in [7, 11) is 1.87. The number of hydrogen-bond donors (Lipinski definition) is 1. The highest BCUT2D eigenvalue weighted by atomic mass is 32.1.